The zero-order valence-electron chi connectivity index (χ0n) is 10.6. The summed E-state index contributed by atoms with van der Waals surface area (Å²) in [5.41, 5.74) is 8.80. The maximum absolute atomic E-state index is 8.99. The highest BCUT2D eigenvalue weighted by Gasteiger charge is 2.27. The minimum absolute atomic E-state index is 0.126. The Morgan fingerprint density at radius 1 is 1.53 bits per heavy atom. The van der Waals surface area contributed by atoms with E-state index in [-0.39, 0.29) is 12.0 Å². The molecular weight excluding hydrogens is 262 g/mol. The van der Waals surface area contributed by atoms with E-state index in [1.54, 1.807) is 6.33 Å². The summed E-state index contributed by atoms with van der Waals surface area (Å²) >= 11 is 6.10. The molecule has 5 nitrogen and oxygen atoms in total. The second-order valence-electron chi connectivity index (χ2n) is 5.06. The standard InChI is InChI=1S/C13H14ClN5/c1-7-10(16)11-13(18-12(7)14)19(6-17-11)9-3-2-8(4-9)5-15/h6,8-9H,2-4H2,1H3,(H2,16,18)/t8?,9-/m0/s1. The largest absolute Gasteiger partial charge is 0.397 e. The lowest BCUT2D eigenvalue weighted by atomic mass is 10.1. The molecule has 0 spiro atoms. The van der Waals surface area contributed by atoms with Gasteiger partial charge in [-0.05, 0) is 26.2 Å². The Morgan fingerprint density at radius 3 is 3.00 bits per heavy atom. The van der Waals surface area contributed by atoms with Gasteiger partial charge in [0.2, 0.25) is 0 Å². The SMILES string of the molecule is Cc1c(Cl)nc2c(ncn2[C@H]2CCC(C#N)C2)c1N. The molecule has 1 unspecified atom stereocenters. The molecule has 1 aliphatic rings. The van der Waals surface area contributed by atoms with Gasteiger partial charge in [-0.2, -0.15) is 5.26 Å². The number of nitrogens with zero attached hydrogens (tertiary/aromatic N) is 4. The normalized spacial score (nSPS) is 22.8. The fourth-order valence-electron chi connectivity index (χ4n) is 2.72. The van der Waals surface area contributed by atoms with E-state index in [0.29, 0.717) is 16.4 Å². The first kappa shape index (κ1) is 12.2. The molecule has 3 rings (SSSR count). The summed E-state index contributed by atoms with van der Waals surface area (Å²) in [6, 6.07) is 2.60. The van der Waals surface area contributed by atoms with Crippen molar-refractivity contribution in [3.63, 3.8) is 0 Å². The molecule has 2 N–H and O–H groups in total. The second kappa shape index (κ2) is 4.39. The highest BCUT2D eigenvalue weighted by Crippen LogP contribution is 2.37. The first-order chi connectivity index (χ1) is 9.11. The number of pyridine rings is 1. The van der Waals surface area contributed by atoms with Gasteiger partial charge in [0.25, 0.3) is 0 Å². The molecule has 98 valence electrons. The average molecular weight is 276 g/mol. The van der Waals surface area contributed by atoms with Crippen LogP contribution < -0.4 is 5.73 Å². The smallest absolute Gasteiger partial charge is 0.163 e. The molecule has 2 atom stereocenters. The van der Waals surface area contributed by atoms with Gasteiger partial charge in [-0.3, -0.25) is 0 Å². The van der Waals surface area contributed by atoms with Crippen molar-refractivity contribution in [3.05, 3.63) is 17.0 Å². The van der Waals surface area contributed by atoms with Gasteiger partial charge in [-0.25, -0.2) is 9.97 Å². The third kappa shape index (κ3) is 1.83. The van der Waals surface area contributed by atoms with Crippen molar-refractivity contribution >= 4 is 28.5 Å². The summed E-state index contributed by atoms with van der Waals surface area (Å²) < 4.78 is 2.01. The number of imidazole rings is 1. The molecule has 19 heavy (non-hydrogen) atoms. The number of hydrogen-bond donors (Lipinski definition) is 1. The van der Waals surface area contributed by atoms with Gasteiger partial charge in [0, 0.05) is 17.5 Å². The Balaban J connectivity index is 2.09. The lowest BCUT2D eigenvalue weighted by Crippen LogP contribution is -2.06. The molecule has 1 saturated carbocycles. The second-order valence-corrected chi connectivity index (χ2v) is 5.42. The topological polar surface area (TPSA) is 80.5 Å². The van der Waals surface area contributed by atoms with Crippen LogP contribution in [0.25, 0.3) is 11.2 Å². The zero-order valence-corrected chi connectivity index (χ0v) is 11.4. The summed E-state index contributed by atoms with van der Waals surface area (Å²) in [6.45, 7) is 1.84. The molecule has 0 aliphatic heterocycles. The van der Waals surface area contributed by atoms with Gasteiger partial charge in [0.15, 0.2) is 5.65 Å². The van der Waals surface area contributed by atoms with Crippen molar-refractivity contribution in [3.8, 4) is 6.07 Å². The van der Waals surface area contributed by atoms with Crippen molar-refractivity contribution in [1.82, 2.24) is 14.5 Å². The third-order valence-electron chi connectivity index (χ3n) is 3.92. The number of rotatable bonds is 1. The Morgan fingerprint density at radius 2 is 2.32 bits per heavy atom. The predicted octanol–water partition coefficient (Wildman–Crippen LogP) is 2.84. The van der Waals surface area contributed by atoms with Crippen LogP contribution in [0.3, 0.4) is 0 Å². The Kier molecular flexibility index (Phi) is 2.83. The molecule has 2 aromatic heterocycles. The predicted molar refractivity (Wildman–Crippen MR) is 73.7 cm³/mol. The Bertz CT molecular complexity index is 684. The molecule has 2 heterocycles. The highest BCUT2D eigenvalue weighted by atomic mass is 35.5. The molecule has 0 radical (unpaired) electrons. The molecule has 1 fully saturated rings. The molecule has 0 amide bonds. The van der Waals surface area contributed by atoms with Crippen LogP contribution in [0.4, 0.5) is 5.69 Å². The van der Waals surface area contributed by atoms with Gasteiger partial charge in [-0.15, -0.1) is 0 Å². The summed E-state index contributed by atoms with van der Waals surface area (Å²) in [5, 5.41) is 9.41. The fourth-order valence-corrected chi connectivity index (χ4v) is 2.90. The maximum atomic E-state index is 8.99. The van der Waals surface area contributed by atoms with Crippen molar-refractivity contribution in [1.29, 1.82) is 5.26 Å². The fraction of sp³-hybridized carbons (Fsp3) is 0.462. The summed E-state index contributed by atoms with van der Waals surface area (Å²) in [6.07, 6.45) is 4.50. The first-order valence-electron chi connectivity index (χ1n) is 6.29. The highest BCUT2D eigenvalue weighted by molar-refractivity contribution is 6.31. The lowest BCUT2D eigenvalue weighted by molar-refractivity contribution is 0.517. The quantitative estimate of drug-likeness (QED) is 0.812. The number of nitriles is 1. The number of fused-ring (bicyclic) bond motifs is 1. The minimum atomic E-state index is 0.126. The molecule has 6 heteroatoms. The van der Waals surface area contributed by atoms with E-state index < -0.39 is 0 Å². The number of anilines is 1. The van der Waals surface area contributed by atoms with Gasteiger partial charge in [0.05, 0.1) is 18.1 Å². The van der Waals surface area contributed by atoms with E-state index in [0.717, 1.165) is 30.5 Å². The monoisotopic (exact) mass is 275 g/mol. The van der Waals surface area contributed by atoms with E-state index in [1.807, 2.05) is 11.5 Å². The van der Waals surface area contributed by atoms with Crippen LogP contribution >= 0.6 is 11.6 Å². The van der Waals surface area contributed by atoms with Crippen molar-refractivity contribution in [2.75, 3.05) is 5.73 Å². The average Bonchev–Trinajstić information content (AvgIpc) is 3.01. The van der Waals surface area contributed by atoms with Gasteiger partial charge in [-0.1, -0.05) is 11.6 Å². The van der Waals surface area contributed by atoms with E-state index in [4.69, 9.17) is 22.6 Å². The molecule has 1 aliphatic carbocycles. The van der Waals surface area contributed by atoms with Crippen molar-refractivity contribution in [2.45, 2.75) is 32.2 Å². The zero-order chi connectivity index (χ0) is 13.6. The number of hydrogen-bond acceptors (Lipinski definition) is 4. The summed E-state index contributed by atoms with van der Waals surface area (Å²) in [7, 11) is 0. The molecular formula is C13H14ClN5. The number of nitrogens with two attached hydrogens (primary N) is 1. The van der Waals surface area contributed by atoms with Gasteiger partial charge >= 0.3 is 0 Å². The van der Waals surface area contributed by atoms with Crippen molar-refractivity contribution < 1.29 is 0 Å². The van der Waals surface area contributed by atoms with Crippen LogP contribution in [0, 0.1) is 24.2 Å². The molecule has 0 aromatic carbocycles. The van der Waals surface area contributed by atoms with Crippen LogP contribution in [0.15, 0.2) is 6.33 Å². The maximum Gasteiger partial charge on any atom is 0.163 e. The third-order valence-corrected chi connectivity index (χ3v) is 4.29. The number of halogens is 1. The van der Waals surface area contributed by atoms with E-state index in [2.05, 4.69) is 16.0 Å². The van der Waals surface area contributed by atoms with Crippen LogP contribution in [0.2, 0.25) is 5.15 Å². The summed E-state index contributed by atoms with van der Waals surface area (Å²) in [4.78, 5) is 8.74. The van der Waals surface area contributed by atoms with E-state index >= 15 is 0 Å². The number of aromatic nitrogens is 3. The van der Waals surface area contributed by atoms with Crippen LogP contribution in [0.1, 0.15) is 30.9 Å². The number of nitrogen functional groups attached to an aromatic ring is 1. The van der Waals surface area contributed by atoms with Crippen molar-refractivity contribution in [2.24, 2.45) is 5.92 Å². The molecule has 2 aromatic rings. The first-order valence-corrected chi connectivity index (χ1v) is 6.67. The summed E-state index contributed by atoms with van der Waals surface area (Å²) in [5.74, 6) is 0.126. The Hall–Kier alpha value is -1.80. The van der Waals surface area contributed by atoms with Gasteiger partial charge in [0.1, 0.15) is 10.7 Å². The molecule has 0 saturated heterocycles. The minimum Gasteiger partial charge on any atom is -0.397 e. The van der Waals surface area contributed by atoms with Gasteiger partial charge < -0.3 is 10.3 Å². The van der Waals surface area contributed by atoms with E-state index in [9.17, 15) is 0 Å². The molecule has 0 bridgehead atoms. The van der Waals surface area contributed by atoms with E-state index in [1.165, 1.54) is 0 Å². The Labute approximate surface area is 116 Å². The lowest BCUT2D eigenvalue weighted by Gasteiger charge is -2.12. The van der Waals surface area contributed by atoms with Crippen LogP contribution in [-0.2, 0) is 0 Å². The van der Waals surface area contributed by atoms with Crippen LogP contribution in [0.5, 0.6) is 0 Å². The van der Waals surface area contributed by atoms with Crippen LogP contribution in [-0.4, -0.2) is 14.5 Å².